The number of hydrogen-bond acceptors (Lipinski definition) is 5. The number of nitrogens with two attached hydrogens (primary N) is 1. The molecule has 4 N–H and O–H groups in total. The fourth-order valence-electron chi connectivity index (χ4n) is 1.53. The van der Waals surface area contributed by atoms with E-state index in [2.05, 4.69) is 5.32 Å². The van der Waals surface area contributed by atoms with Crippen LogP contribution in [0.5, 0.6) is 0 Å². The fraction of sp³-hybridized carbons (Fsp3) is 0.600. The third kappa shape index (κ3) is 2.82. The number of carbonyl (C=O) groups is 2. The molecule has 0 bridgehead atoms. The number of likely N-dealkylation sites (N-methyl/N-ethyl adjacent to an activating group) is 1. The van der Waals surface area contributed by atoms with Crippen molar-refractivity contribution < 1.29 is 19.4 Å². The Morgan fingerprint density at radius 1 is 1.65 bits per heavy atom. The highest BCUT2D eigenvalue weighted by Crippen LogP contribution is 2.22. The second-order valence-corrected chi connectivity index (χ2v) is 3.77. The van der Waals surface area contributed by atoms with Gasteiger partial charge in [0.1, 0.15) is 6.10 Å². The molecule has 3 unspecified atom stereocenters. The molecule has 0 aromatic heterocycles. The lowest BCUT2D eigenvalue weighted by molar-refractivity contribution is -0.209. The van der Waals surface area contributed by atoms with E-state index in [1.54, 1.807) is 6.92 Å². The molecule has 7 heteroatoms. The van der Waals surface area contributed by atoms with Crippen LogP contribution in [-0.4, -0.2) is 54.4 Å². The number of carbonyl (C=O) groups excluding carboxylic acids is 2. The second-order valence-electron chi connectivity index (χ2n) is 3.77. The molecule has 1 heterocycles. The first-order valence-electron chi connectivity index (χ1n) is 5.20. The molecule has 0 spiro atoms. The Hall–Kier alpha value is -1.44. The molecular weight excluding hydrogens is 226 g/mol. The van der Waals surface area contributed by atoms with E-state index < -0.39 is 18.4 Å². The van der Waals surface area contributed by atoms with E-state index in [1.165, 1.54) is 18.1 Å². The number of hydrogen-bond donors (Lipinski definition) is 3. The molecule has 1 rings (SSSR count). The number of rotatable bonds is 5. The van der Waals surface area contributed by atoms with Gasteiger partial charge in [-0.1, -0.05) is 0 Å². The van der Waals surface area contributed by atoms with Crippen LogP contribution in [0, 0.1) is 0 Å². The third-order valence-electron chi connectivity index (χ3n) is 2.60. The van der Waals surface area contributed by atoms with Crippen molar-refractivity contribution in [2.45, 2.75) is 25.3 Å². The summed E-state index contributed by atoms with van der Waals surface area (Å²) in [7, 11) is 1.50. The van der Waals surface area contributed by atoms with Crippen LogP contribution in [-0.2, 0) is 14.3 Å². The van der Waals surface area contributed by atoms with Gasteiger partial charge in [-0.05, 0) is 6.92 Å². The maximum Gasteiger partial charge on any atom is 0.248 e. The summed E-state index contributed by atoms with van der Waals surface area (Å²) in [6, 6.07) is -0.459. The first-order chi connectivity index (χ1) is 8.04. The smallest absolute Gasteiger partial charge is 0.248 e. The zero-order valence-corrected chi connectivity index (χ0v) is 9.79. The quantitative estimate of drug-likeness (QED) is 0.388. The van der Waals surface area contributed by atoms with Gasteiger partial charge in [-0.3, -0.25) is 14.5 Å². The SMILES string of the molecule is CNC(=O)/C(C)=C\N(C=O)C1OC(CO)C1N. The standard InChI is InChI=1S/C10H17N3O4/c1-6(9(16)12-2)3-13(5-15)10-8(11)7(4-14)17-10/h3,5,7-8,10,14H,4,11H2,1-2H3,(H,12,16)/b6-3-. The van der Waals surface area contributed by atoms with Crippen molar-refractivity contribution in [3.05, 3.63) is 11.8 Å². The van der Waals surface area contributed by atoms with Crippen LogP contribution >= 0.6 is 0 Å². The molecule has 2 amide bonds. The van der Waals surface area contributed by atoms with E-state index in [9.17, 15) is 9.59 Å². The van der Waals surface area contributed by atoms with Crippen molar-refractivity contribution in [1.82, 2.24) is 10.2 Å². The fourth-order valence-corrected chi connectivity index (χ4v) is 1.53. The minimum Gasteiger partial charge on any atom is -0.394 e. The third-order valence-corrected chi connectivity index (χ3v) is 2.60. The van der Waals surface area contributed by atoms with Gasteiger partial charge >= 0.3 is 0 Å². The summed E-state index contributed by atoms with van der Waals surface area (Å²) >= 11 is 0. The van der Waals surface area contributed by atoms with Crippen LogP contribution in [0.15, 0.2) is 11.8 Å². The maximum atomic E-state index is 11.3. The number of aliphatic hydroxyl groups excluding tert-OH is 1. The number of nitrogens with one attached hydrogen (secondary N) is 1. The average molecular weight is 243 g/mol. The highest BCUT2D eigenvalue weighted by molar-refractivity contribution is 5.92. The molecular formula is C10H17N3O4. The average Bonchev–Trinajstić information content (AvgIpc) is 2.34. The summed E-state index contributed by atoms with van der Waals surface area (Å²) in [5.74, 6) is -0.288. The van der Waals surface area contributed by atoms with Crippen molar-refractivity contribution >= 4 is 12.3 Å². The molecule has 0 radical (unpaired) electrons. The van der Waals surface area contributed by atoms with Crippen LogP contribution in [0.2, 0.25) is 0 Å². The van der Waals surface area contributed by atoms with Gasteiger partial charge in [0, 0.05) is 18.8 Å². The molecule has 1 saturated heterocycles. The van der Waals surface area contributed by atoms with Gasteiger partial charge in [0.25, 0.3) is 0 Å². The number of ether oxygens (including phenoxy) is 1. The molecule has 1 aliphatic heterocycles. The van der Waals surface area contributed by atoms with Gasteiger partial charge in [0.05, 0.1) is 12.6 Å². The summed E-state index contributed by atoms with van der Waals surface area (Å²) in [6.07, 6.45) is 0.800. The summed E-state index contributed by atoms with van der Waals surface area (Å²) in [5, 5.41) is 11.3. The van der Waals surface area contributed by atoms with E-state index in [0.29, 0.717) is 12.0 Å². The monoisotopic (exact) mass is 243 g/mol. The van der Waals surface area contributed by atoms with Crippen LogP contribution in [0.1, 0.15) is 6.92 Å². The second kappa shape index (κ2) is 5.76. The Morgan fingerprint density at radius 2 is 2.29 bits per heavy atom. The minimum absolute atomic E-state index is 0.192. The van der Waals surface area contributed by atoms with Gasteiger partial charge in [0.2, 0.25) is 12.3 Å². The lowest BCUT2D eigenvalue weighted by Crippen LogP contribution is -2.65. The van der Waals surface area contributed by atoms with Gasteiger partial charge < -0.3 is 20.9 Å². The lowest BCUT2D eigenvalue weighted by atomic mass is 10.0. The highest BCUT2D eigenvalue weighted by atomic mass is 16.6. The molecule has 7 nitrogen and oxygen atoms in total. The molecule has 0 aromatic carbocycles. The highest BCUT2D eigenvalue weighted by Gasteiger charge is 2.42. The van der Waals surface area contributed by atoms with E-state index >= 15 is 0 Å². The Balaban J connectivity index is 2.68. The van der Waals surface area contributed by atoms with Gasteiger partial charge in [-0.15, -0.1) is 0 Å². The van der Waals surface area contributed by atoms with E-state index in [1.807, 2.05) is 0 Å². The molecule has 96 valence electrons. The predicted octanol–water partition coefficient (Wildman–Crippen LogP) is -1.86. The van der Waals surface area contributed by atoms with E-state index in [0.717, 1.165) is 0 Å². The first-order valence-corrected chi connectivity index (χ1v) is 5.20. The van der Waals surface area contributed by atoms with Gasteiger partial charge in [-0.25, -0.2) is 0 Å². The van der Waals surface area contributed by atoms with Crippen LogP contribution < -0.4 is 11.1 Å². The molecule has 1 aliphatic rings. The van der Waals surface area contributed by atoms with Crippen LogP contribution in [0.4, 0.5) is 0 Å². The minimum atomic E-state index is -0.635. The zero-order chi connectivity index (χ0) is 13.0. The van der Waals surface area contributed by atoms with Crippen molar-refractivity contribution in [3.8, 4) is 0 Å². The molecule has 0 aromatic rings. The first kappa shape index (κ1) is 13.6. The Bertz CT molecular complexity index is 332. The van der Waals surface area contributed by atoms with Crippen molar-refractivity contribution in [2.75, 3.05) is 13.7 Å². The topological polar surface area (TPSA) is 105 Å². The van der Waals surface area contributed by atoms with Crippen molar-refractivity contribution in [3.63, 3.8) is 0 Å². The van der Waals surface area contributed by atoms with Crippen LogP contribution in [0.3, 0.4) is 0 Å². The van der Waals surface area contributed by atoms with Gasteiger partial charge in [-0.2, -0.15) is 0 Å². The van der Waals surface area contributed by atoms with Crippen molar-refractivity contribution in [2.24, 2.45) is 5.73 Å². The van der Waals surface area contributed by atoms with Gasteiger partial charge in [0.15, 0.2) is 6.23 Å². The molecule has 3 atom stereocenters. The molecule has 17 heavy (non-hydrogen) atoms. The summed E-state index contributed by atoms with van der Waals surface area (Å²) < 4.78 is 5.21. The number of amides is 2. The summed E-state index contributed by atoms with van der Waals surface area (Å²) in [6.45, 7) is 1.38. The maximum absolute atomic E-state index is 11.3. The Labute approximate surface area is 99.2 Å². The predicted molar refractivity (Wildman–Crippen MR) is 59.4 cm³/mol. The lowest BCUT2D eigenvalue weighted by Gasteiger charge is -2.44. The summed E-state index contributed by atoms with van der Waals surface area (Å²) in [5.41, 5.74) is 6.09. The normalized spacial score (nSPS) is 28.2. The van der Waals surface area contributed by atoms with E-state index in [4.69, 9.17) is 15.6 Å². The molecule has 0 saturated carbocycles. The number of nitrogens with zero attached hydrogens (tertiary/aromatic N) is 1. The Morgan fingerprint density at radius 3 is 2.71 bits per heavy atom. The van der Waals surface area contributed by atoms with E-state index in [-0.39, 0.29) is 12.5 Å². The largest absolute Gasteiger partial charge is 0.394 e. The zero-order valence-electron chi connectivity index (χ0n) is 9.79. The number of aliphatic hydroxyl groups is 1. The van der Waals surface area contributed by atoms with Crippen molar-refractivity contribution in [1.29, 1.82) is 0 Å². The molecule has 1 fully saturated rings. The summed E-state index contributed by atoms with van der Waals surface area (Å²) in [4.78, 5) is 23.3. The molecule has 0 aliphatic carbocycles. The Kier molecular flexibility index (Phi) is 4.62. The van der Waals surface area contributed by atoms with Crippen LogP contribution in [0.25, 0.3) is 0 Å².